The van der Waals surface area contributed by atoms with Gasteiger partial charge in [0.05, 0.1) is 6.61 Å². The van der Waals surface area contributed by atoms with Crippen molar-refractivity contribution in [2.45, 2.75) is 276 Å². The average Bonchev–Trinajstić information content (AvgIpc) is 3.42. The first kappa shape index (κ1) is 70.7. The second kappa shape index (κ2) is 52.3. The molecular weight excluding hydrogens is 973 g/mol. The third-order valence-corrected chi connectivity index (χ3v) is 13.2. The van der Waals surface area contributed by atoms with Crippen LogP contribution in [0.4, 0.5) is 0 Å². The number of hydrogen-bond acceptors (Lipinski definition) is 11. The van der Waals surface area contributed by atoms with Gasteiger partial charge in [0.1, 0.15) is 18.8 Å². The number of hydrogen-bond donors (Lipinski definition) is 3. The lowest BCUT2D eigenvalue weighted by Crippen LogP contribution is -2.61. The van der Waals surface area contributed by atoms with Crippen LogP contribution >= 0.6 is 0 Å². The molecule has 77 heavy (non-hydrogen) atoms. The zero-order valence-electron chi connectivity index (χ0n) is 48.2. The predicted molar refractivity (Wildman–Crippen MR) is 312 cm³/mol. The van der Waals surface area contributed by atoms with E-state index in [0.29, 0.717) is 25.7 Å². The summed E-state index contributed by atoms with van der Waals surface area (Å²) in [7, 11) is 0. The van der Waals surface area contributed by atoms with Gasteiger partial charge in [-0.3, -0.25) is 14.4 Å². The smallest absolute Gasteiger partial charge is 0.335 e. The summed E-state index contributed by atoms with van der Waals surface area (Å²) in [6, 6.07) is 0. The van der Waals surface area contributed by atoms with Gasteiger partial charge in [0, 0.05) is 19.3 Å². The number of aliphatic hydroxyl groups is 2. The maximum atomic E-state index is 13.1. The number of aliphatic carboxylic acids is 1. The van der Waals surface area contributed by atoms with Crippen LogP contribution in [-0.2, 0) is 42.9 Å². The van der Waals surface area contributed by atoms with Gasteiger partial charge in [-0.25, -0.2) is 4.79 Å². The number of ether oxygens (including phenoxy) is 5. The van der Waals surface area contributed by atoms with Crippen LogP contribution in [0.5, 0.6) is 0 Å². The van der Waals surface area contributed by atoms with Crippen LogP contribution < -0.4 is 0 Å². The molecule has 3 N–H and O–H groups in total. The molecule has 1 fully saturated rings. The molecular formula is C65H106O12. The Kier molecular flexibility index (Phi) is 48.0. The molecule has 0 saturated carbocycles. The Labute approximate surface area is 466 Å². The molecule has 1 heterocycles. The first-order valence-electron chi connectivity index (χ1n) is 30.2. The standard InChI is InChI=1S/C65H106O12/c1-4-7-10-13-16-19-22-25-27-29-31-34-36-39-42-45-48-51-57(66)73-54-56(75-58(67)52-49-46-43-40-37-33-24-21-18-15-12-9-6-3)55-74-65-63(61(70)60(69)62(77-65)64(71)72)76-59(68)53-50-47-44-41-38-35-32-30-28-26-23-20-17-14-11-8-5-2/h8-9,11-12,17-18,20-21,26,28,32-33,35,37,41,44,56,60-63,65,69-70H,4-7,10,13-16,19,22-25,27,29-31,34,36,38-40,42-43,45-55H2,1-3H3,(H,71,72)/b11-8-,12-9-,20-17-,21-18-,28-26-,35-32-,37-33-,44-41-. The molecule has 1 aliphatic rings. The van der Waals surface area contributed by atoms with E-state index in [9.17, 15) is 34.5 Å². The molecule has 6 atom stereocenters. The number of esters is 3. The summed E-state index contributed by atoms with van der Waals surface area (Å²) in [6.45, 7) is 5.72. The zero-order valence-corrected chi connectivity index (χ0v) is 48.2. The van der Waals surface area contributed by atoms with Crippen LogP contribution in [0.25, 0.3) is 0 Å². The van der Waals surface area contributed by atoms with E-state index in [1.54, 1.807) is 0 Å². The van der Waals surface area contributed by atoms with Crippen molar-refractivity contribution in [3.05, 3.63) is 97.2 Å². The molecule has 0 bridgehead atoms. The highest BCUT2D eigenvalue weighted by Gasteiger charge is 2.50. The van der Waals surface area contributed by atoms with Crippen LogP contribution in [0.15, 0.2) is 97.2 Å². The van der Waals surface area contributed by atoms with Gasteiger partial charge in [-0.1, -0.05) is 227 Å². The van der Waals surface area contributed by atoms with Crippen LogP contribution in [0.1, 0.15) is 239 Å². The van der Waals surface area contributed by atoms with Gasteiger partial charge in [-0.2, -0.15) is 0 Å². The molecule has 12 heteroatoms. The molecule has 6 unspecified atom stereocenters. The summed E-state index contributed by atoms with van der Waals surface area (Å²) in [6.07, 6.45) is 56.7. The number of unbranched alkanes of at least 4 members (excludes halogenated alkanes) is 20. The van der Waals surface area contributed by atoms with Crippen molar-refractivity contribution < 1.29 is 58.2 Å². The number of allylic oxidation sites excluding steroid dienone is 16. The van der Waals surface area contributed by atoms with E-state index >= 15 is 0 Å². The quantitative estimate of drug-likeness (QED) is 0.0228. The van der Waals surface area contributed by atoms with Crippen molar-refractivity contribution in [2.75, 3.05) is 13.2 Å². The Morgan fingerprint density at radius 2 is 0.831 bits per heavy atom. The summed E-state index contributed by atoms with van der Waals surface area (Å²) >= 11 is 0. The van der Waals surface area contributed by atoms with E-state index in [2.05, 4.69) is 106 Å². The molecule has 1 saturated heterocycles. The SMILES string of the molecule is CC/C=C\C/C=C\C/C=C\C/C=C\C/C=C\CCCC(=O)OC1C(OCC(COC(=O)CCCCCCCCCCCCCCCCCCC)OC(=O)CCCCC/C=C\C/C=C\C/C=C\CC)OC(C(=O)O)C(O)C1O. The van der Waals surface area contributed by atoms with Gasteiger partial charge >= 0.3 is 23.9 Å². The molecule has 1 aliphatic heterocycles. The lowest BCUT2D eigenvalue weighted by Gasteiger charge is -2.40. The molecule has 1 rings (SSSR count). The summed E-state index contributed by atoms with van der Waals surface area (Å²) in [5.41, 5.74) is 0. The third-order valence-electron chi connectivity index (χ3n) is 13.2. The molecule has 0 aromatic carbocycles. The first-order valence-corrected chi connectivity index (χ1v) is 30.2. The molecule has 0 aromatic heterocycles. The van der Waals surface area contributed by atoms with Gasteiger partial charge in [0.2, 0.25) is 0 Å². The van der Waals surface area contributed by atoms with Crippen molar-refractivity contribution in [1.29, 1.82) is 0 Å². The van der Waals surface area contributed by atoms with E-state index in [1.165, 1.54) is 83.5 Å². The fourth-order valence-electron chi connectivity index (χ4n) is 8.59. The monoisotopic (exact) mass is 1080 g/mol. The lowest BCUT2D eigenvalue weighted by molar-refractivity contribution is -0.301. The minimum absolute atomic E-state index is 0.0246. The first-order chi connectivity index (χ1) is 37.6. The minimum atomic E-state index is -1.93. The Morgan fingerprint density at radius 3 is 1.29 bits per heavy atom. The lowest BCUT2D eigenvalue weighted by atomic mass is 9.98. The fraction of sp³-hybridized carbons (Fsp3) is 0.692. The Balaban J connectivity index is 2.72. The maximum Gasteiger partial charge on any atom is 0.335 e. The highest BCUT2D eigenvalue weighted by Crippen LogP contribution is 2.26. The number of carbonyl (C=O) groups excluding carboxylic acids is 3. The van der Waals surface area contributed by atoms with Crippen LogP contribution in [-0.4, -0.2) is 89.2 Å². The molecule has 0 aromatic rings. The predicted octanol–water partition coefficient (Wildman–Crippen LogP) is 15.7. The molecule has 12 nitrogen and oxygen atoms in total. The van der Waals surface area contributed by atoms with Crippen molar-refractivity contribution in [2.24, 2.45) is 0 Å². The summed E-state index contributed by atoms with van der Waals surface area (Å²) in [5.74, 6) is -3.24. The summed E-state index contributed by atoms with van der Waals surface area (Å²) in [4.78, 5) is 51.1. The van der Waals surface area contributed by atoms with E-state index < -0.39 is 67.3 Å². The number of carboxylic acids is 1. The summed E-state index contributed by atoms with van der Waals surface area (Å²) < 4.78 is 28.3. The summed E-state index contributed by atoms with van der Waals surface area (Å²) in [5, 5.41) is 31.5. The van der Waals surface area contributed by atoms with Gasteiger partial charge < -0.3 is 39.0 Å². The Morgan fingerprint density at radius 1 is 0.442 bits per heavy atom. The second-order valence-corrected chi connectivity index (χ2v) is 20.2. The van der Waals surface area contributed by atoms with Gasteiger partial charge in [-0.05, 0) is 89.9 Å². The topological polar surface area (TPSA) is 175 Å². The third kappa shape index (κ3) is 42.3. The van der Waals surface area contributed by atoms with Crippen LogP contribution in [0.2, 0.25) is 0 Å². The average molecular weight is 1080 g/mol. The van der Waals surface area contributed by atoms with E-state index in [4.69, 9.17) is 23.7 Å². The van der Waals surface area contributed by atoms with Crippen molar-refractivity contribution in [3.63, 3.8) is 0 Å². The molecule has 438 valence electrons. The molecule has 0 aliphatic carbocycles. The van der Waals surface area contributed by atoms with Crippen molar-refractivity contribution in [3.8, 4) is 0 Å². The highest BCUT2D eigenvalue weighted by molar-refractivity contribution is 5.74. The van der Waals surface area contributed by atoms with Crippen LogP contribution in [0.3, 0.4) is 0 Å². The number of rotatable bonds is 50. The fourth-order valence-corrected chi connectivity index (χ4v) is 8.59. The Bertz CT molecular complexity index is 1710. The molecule has 0 amide bonds. The molecule has 0 spiro atoms. The van der Waals surface area contributed by atoms with Gasteiger partial charge in [0.25, 0.3) is 0 Å². The van der Waals surface area contributed by atoms with E-state index in [0.717, 1.165) is 89.9 Å². The second-order valence-electron chi connectivity index (χ2n) is 20.2. The van der Waals surface area contributed by atoms with Gasteiger partial charge in [-0.15, -0.1) is 0 Å². The normalized spacial score (nSPS) is 18.7. The van der Waals surface area contributed by atoms with Crippen molar-refractivity contribution in [1.82, 2.24) is 0 Å². The highest BCUT2D eigenvalue weighted by atomic mass is 16.7. The van der Waals surface area contributed by atoms with Gasteiger partial charge in [0.15, 0.2) is 24.6 Å². The Hall–Kier alpha value is -4.36. The maximum absolute atomic E-state index is 13.1. The number of carboxylic acid groups (broad SMARTS) is 1. The van der Waals surface area contributed by atoms with Crippen LogP contribution in [0, 0.1) is 0 Å². The number of carbonyl (C=O) groups is 4. The zero-order chi connectivity index (χ0) is 56.1. The van der Waals surface area contributed by atoms with E-state index in [1.807, 2.05) is 12.2 Å². The van der Waals surface area contributed by atoms with Crippen molar-refractivity contribution >= 4 is 23.9 Å². The largest absolute Gasteiger partial charge is 0.479 e. The van der Waals surface area contributed by atoms with E-state index in [-0.39, 0.29) is 25.9 Å². The molecule has 0 radical (unpaired) electrons. The minimum Gasteiger partial charge on any atom is -0.479 e. The number of aliphatic hydroxyl groups excluding tert-OH is 2.